The summed E-state index contributed by atoms with van der Waals surface area (Å²) in [6, 6.07) is 4.57. The predicted octanol–water partition coefficient (Wildman–Crippen LogP) is 1.00. The Morgan fingerprint density at radius 1 is 1.54 bits per heavy atom. The van der Waals surface area contributed by atoms with Crippen molar-refractivity contribution in [3.8, 4) is 0 Å². The molecular weight excluding hydrogens is 169 g/mol. The first-order valence-corrected chi connectivity index (χ1v) is 4.36. The second-order valence-electron chi connectivity index (χ2n) is 3.39. The molecule has 70 valence electrons. The topological polar surface area (TPSA) is 32.3 Å². The zero-order chi connectivity index (χ0) is 9.42. The maximum Gasteiger partial charge on any atom is 0.123 e. The van der Waals surface area contributed by atoms with Gasteiger partial charge in [-0.05, 0) is 36.7 Å². The monoisotopic (exact) mass is 181 g/mol. The van der Waals surface area contributed by atoms with Crippen LogP contribution in [0.4, 0.5) is 4.39 Å². The molecule has 0 bridgehead atoms. The Morgan fingerprint density at radius 2 is 2.31 bits per heavy atom. The molecule has 0 saturated carbocycles. The van der Waals surface area contributed by atoms with Crippen molar-refractivity contribution in [2.75, 3.05) is 7.05 Å². The Labute approximate surface area is 76.4 Å². The fraction of sp³-hybridized carbons (Fsp3) is 0.400. The minimum Gasteiger partial charge on any atom is -0.387 e. The number of halogens is 1. The van der Waals surface area contributed by atoms with Gasteiger partial charge in [0.25, 0.3) is 0 Å². The van der Waals surface area contributed by atoms with Crippen LogP contribution in [0.5, 0.6) is 0 Å². The Kier molecular flexibility index (Phi) is 2.06. The van der Waals surface area contributed by atoms with Crippen molar-refractivity contribution < 1.29 is 9.50 Å². The lowest BCUT2D eigenvalue weighted by atomic mass is 10.1. The van der Waals surface area contributed by atoms with E-state index in [2.05, 4.69) is 5.32 Å². The SMILES string of the molecule is CNC1Cc2cc(F)ccc2C1O. The largest absolute Gasteiger partial charge is 0.387 e. The van der Waals surface area contributed by atoms with E-state index in [0.29, 0.717) is 6.42 Å². The first kappa shape index (κ1) is 8.66. The molecule has 2 atom stereocenters. The maximum atomic E-state index is 12.8. The highest BCUT2D eigenvalue weighted by molar-refractivity contribution is 5.36. The fourth-order valence-electron chi connectivity index (χ4n) is 1.86. The van der Waals surface area contributed by atoms with E-state index < -0.39 is 6.10 Å². The molecule has 0 radical (unpaired) electrons. The number of rotatable bonds is 1. The van der Waals surface area contributed by atoms with Gasteiger partial charge in [0.1, 0.15) is 5.82 Å². The van der Waals surface area contributed by atoms with Crippen LogP contribution in [0.3, 0.4) is 0 Å². The maximum absolute atomic E-state index is 12.8. The number of aliphatic hydroxyl groups is 1. The van der Waals surface area contributed by atoms with E-state index in [-0.39, 0.29) is 11.9 Å². The summed E-state index contributed by atoms with van der Waals surface area (Å²) in [4.78, 5) is 0. The van der Waals surface area contributed by atoms with E-state index >= 15 is 0 Å². The molecule has 2 nitrogen and oxygen atoms in total. The van der Waals surface area contributed by atoms with Crippen LogP contribution in [0, 0.1) is 5.82 Å². The van der Waals surface area contributed by atoms with Crippen LogP contribution < -0.4 is 5.32 Å². The lowest BCUT2D eigenvalue weighted by molar-refractivity contribution is 0.146. The smallest absolute Gasteiger partial charge is 0.123 e. The van der Waals surface area contributed by atoms with Gasteiger partial charge in [-0.3, -0.25) is 0 Å². The number of nitrogens with one attached hydrogen (secondary N) is 1. The number of hydrogen-bond acceptors (Lipinski definition) is 2. The Morgan fingerprint density at radius 3 is 3.00 bits per heavy atom. The minimum absolute atomic E-state index is 0.0248. The average Bonchev–Trinajstić information content (AvgIpc) is 2.42. The summed E-state index contributed by atoms with van der Waals surface area (Å²) < 4.78 is 12.8. The second kappa shape index (κ2) is 3.09. The third-order valence-corrected chi connectivity index (χ3v) is 2.62. The molecule has 1 aromatic carbocycles. The van der Waals surface area contributed by atoms with E-state index in [4.69, 9.17) is 0 Å². The molecule has 1 aromatic rings. The summed E-state index contributed by atoms with van der Waals surface area (Å²) in [6.45, 7) is 0. The summed E-state index contributed by atoms with van der Waals surface area (Å²) in [5.41, 5.74) is 1.76. The quantitative estimate of drug-likeness (QED) is 0.677. The van der Waals surface area contributed by atoms with E-state index in [1.54, 1.807) is 13.1 Å². The standard InChI is InChI=1S/C10H12FNO/c1-12-9-5-6-4-7(11)2-3-8(6)10(9)13/h2-4,9-10,12-13H,5H2,1H3. The molecule has 1 aliphatic carbocycles. The fourth-order valence-corrected chi connectivity index (χ4v) is 1.86. The summed E-state index contributed by atoms with van der Waals surface area (Å²) in [6.07, 6.45) is 0.200. The van der Waals surface area contributed by atoms with Crippen molar-refractivity contribution in [1.29, 1.82) is 0 Å². The van der Waals surface area contributed by atoms with Crippen molar-refractivity contribution in [3.05, 3.63) is 35.1 Å². The number of likely N-dealkylation sites (N-methyl/N-ethyl adjacent to an activating group) is 1. The molecule has 0 spiro atoms. The summed E-state index contributed by atoms with van der Waals surface area (Å²) in [5, 5.41) is 12.8. The van der Waals surface area contributed by atoms with E-state index in [1.807, 2.05) is 0 Å². The van der Waals surface area contributed by atoms with Gasteiger partial charge in [0, 0.05) is 6.04 Å². The zero-order valence-corrected chi connectivity index (χ0v) is 7.42. The molecule has 0 heterocycles. The van der Waals surface area contributed by atoms with Crippen LogP contribution in [0.15, 0.2) is 18.2 Å². The average molecular weight is 181 g/mol. The molecule has 0 amide bonds. The van der Waals surface area contributed by atoms with E-state index in [0.717, 1.165) is 11.1 Å². The van der Waals surface area contributed by atoms with Crippen molar-refractivity contribution in [3.63, 3.8) is 0 Å². The summed E-state index contributed by atoms with van der Waals surface area (Å²) >= 11 is 0. The Balaban J connectivity index is 2.38. The summed E-state index contributed by atoms with van der Waals surface area (Å²) in [7, 11) is 1.80. The van der Waals surface area contributed by atoms with Crippen molar-refractivity contribution >= 4 is 0 Å². The van der Waals surface area contributed by atoms with Crippen LogP contribution in [-0.2, 0) is 6.42 Å². The van der Waals surface area contributed by atoms with Crippen LogP contribution >= 0.6 is 0 Å². The van der Waals surface area contributed by atoms with Gasteiger partial charge in [0.2, 0.25) is 0 Å². The van der Waals surface area contributed by atoms with Gasteiger partial charge in [-0.2, -0.15) is 0 Å². The highest BCUT2D eigenvalue weighted by atomic mass is 19.1. The van der Waals surface area contributed by atoms with Gasteiger partial charge < -0.3 is 10.4 Å². The Bertz CT molecular complexity index is 327. The molecule has 0 saturated heterocycles. The van der Waals surface area contributed by atoms with E-state index in [1.165, 1.54) is 12.1 Å². The van der Waals surface area contributed by atoms with Crippen molar-refractivity contribution in [2.24, 2.45) is 0 Å². The lowest BCUT2D eigenvalue weighted by Gasteiger charge is -2.12. The van der Waals surface area contributed by atoms with Crippen molar-refractivity contribution in [2.45, 2.75) is 18.6 Å². The molecule has 2 unspecified atom stereocenters. The van der Waals surface area contributed by atoms with Gasteiger partial charge in [-0.25, -0.2) is 4.39 Å². The first-order valence-electron chi connectivity index (χ1n) is 4.36. The molecule has 0 fully saturated rings. The molecule has 2 N–H and O–H groups in total. The summed E-state index contributed by atoms with van der Waals surface area (Å²) in [5.74, 6) is -0.234. The van der Waals surface area contributed by atoms with E-state index in [9.17, 15) is 9.50 Å². The van der Waals surface area contributed by atoms with Crippen LogP contribution in [0.1, 0.15) is 17.2 Å². The second-order valence-corrected chi connectivity index (χ2v) is 3.39. The minimum atomic E-state index is -0.499. The molecule has 2 rings (SSSR count). The molecule has 3 heteroatoms. The van der Waals surface area contributed by atoms with Crippen LogP contribution in [0.25, 0.3) is 0 Å². The highest BCUT2D eigenvalue weighted by Gasteiger charge is 2.29. The zero-order valence-electron chi connectivity index (χ0n) is 7.42. The van der Waals surface area contributed by atoms with Gasteiger partial charge in [-0.15, -0.1) is 0 Å². The third-order valence-electron chi connectivity index (χ3n) is 2.62. The van der Waals surface area contributed by atoms with Crippen LogP contribution in [0.2, 0.25) is 0 Å². The number of aliphatic hydroxyl groups excluding tert-OH is 1. The number of fused-ring (bicyclic) bond motifs is 1. The number of benzene rings is 1. The van der Waals surface area contributed by atoms with Gasteiger partial charge >= 0.3 is 0 Å². The molecular formula is C10H12FNO. The van der Waals surface area contributed by atoms with Crippen molar-refractivity contribution in [1.82, 2.24) is 5.32 Å². The van der Waals surface area contributed by atoms with Gasteiger partial charge in [0.05, 0.1) is 6.10 Å². The highest BCUT2D eigenvalue weighted by Crippen LogP contribution is 2.31. The van der Waals surface area contributed by atoms with Gasteiger partial charge in [-0.1, -0.05) is 6.07 Å². The van der Waals surface area contributed by atoms with Crippen LogP contribution in [-0.4, -0.2) is 18.2 Å². The molecule has 0 aliphatic heterocycles. The molecule has 0 aromatic heterocycles. The lowest BCUT2D eigenvalue weighted by Crippen LogP contribution is -2.29. The van der Waals surface area contributed by atoms with Gasteiger partial charge in [0.15, 0.2) is 0 Å². The Hall–Kier alpha value is -0.930. The first-order chi connectivity index (χ1) is 6.22. The molecule has 13 heavy (non-hydrogen) atoms. The normalized spacial score (nSPS) is 26.1. The number of hydrogen-bond donors (Lipinski definition) is 2. The molecule has 1 aliphatic rings. The predicted molar refractivity (Wildman–Crippen MR) is 47.9 cm³/mol. The third kappa shape index (κ3) is 1.34.